The van der Waals surface area contributed by atoms with Gasteiger partial charge in [-0.1, -0.05) is 33.3 Å². The summed E-state index contributed by atoms with van der Waals surface area (Å²) in [6, 6.07) is 4.68. The molecule has 1 aliphatic rings. The second-order valence-electron chi connectivity index (χ2n) is 6.67. The lowest BCUT2D eigenvalue weighted by atomic mass is 9.97. The zero-order chi connectivity index (χ0) is 22.0. The van der Waals surface area contributed by atoms with Crippen LogP contribution in [0.1, 0.15) is 6.04 Å². The molecule has 2 aromatic heterocycles. The first-order valence-electron chi connectivity index (χ1n) is 9.18. The number of nitrogens with zero attached hydrogens (tertiary/aromatic N) is 5. The predicted octanol–water partition coefficient (Wildman–Crippen LogP) is 3.14. The van der Waals surface area contributed by atoms with E-state index < -0.39 is 29.8 Å². The SMILES string of the molecule is [C-]#[N+]c1ccc(Br)cc1S[C@H]1OC(CO)[C@H](O)[C@H](n2cc(-c3nccs3)nn2)C1OC. The monoisotopic (exact) mass is 523 g/mol. The zero-order valence-corrected chi connectivity index (χ0v) is 19.4. The van der Waals surface area contributed by atoms with E-state index in [9.17, 15) is 10.2 Å². The number of ether oxygens (including phenoxy) is 2. The second kappa shape index (κ2) is 9.74. The Morgan fingerprint density at radius 1 is 1.45 bits per heavy atom. The molecule has 4 rings (SSSR count). The Bertz CT molecular complexity index is 1070. The molecule has 3 heterocycles. The van der Waals surface area contributed by atoms with Gasteiger partial charge in [0.05, 0.1) is 19.4 Å². The van der Waals surface area contributed by atoms with E-state index in [4.69, 9.17) is 16.0 Å². The molecular weight excluding hydrogens is 506 g/mol. The molecule has 12 heteroatoms. The maximum atomic E-state index is 10.9. The predicted molar refractivity (Wildman–Crippen MR) is 119 cm³/mol. The van der Waals surface area contributed by atoms with E-state index in [1.807, 2.05) is 11.4 Å². The van der Waals surface area contributed by atoms with Gasteiger partial charge >= 0.3 is 0 Å². The molecule has 9 nitrogen and oxygen atoms in total. The number of hydrogen-bond donors (Lipinski definition) is 2. The average molecular weight is 524 g/mol. The van der Waals surface area contributed by atoms with E-state index in [-0.39, 0.29) is 6.61 Å². The molecule has 0 radical (unpaired) electrons. The molecule has 2 N–H and O–H groups in total. The highest BCUT2D eigenvalue weighted by molar-refractivity contribution is 9.10. The molecular formula is C19H18BrN5O4S2. The Morgan fingerprint density at radius 3 is 2.97 bits per heavy atom. The van der Waals surface area contributed by atoms with Crippen molar-refractivity contribution in [1.29, 1.82) is 0 Å². The largest absolute Gasteiger partial charge is 0.394 e. The molecule has 0 saturated carbocycles. The lowest BCUT2D eigenvalue weighted by Crippen LogP contribution is -2.55. The van der Waals surface area contributed by atoms with Crippen molar-refractivity contribution in [1.82, 2.24) is 20.0 Å². The van der Waals surface area contributed by atoms with Crippen LogP contribution >= 0.6 is 39.0 Å². The van der Waals surface area contributed by atoms with Crippen LogP contribution in [0.3, 0.4) is 0 Å². The summed E-state index contributed by atoms with van der Waals surface area (Å²) in [5.41, 5.74) is 0.440. The highest BCUT2D eigenvalue weighted by Crippen LogP contribution is 2.43. The summed E-state index contributed by atoms with van der Waals surface area (Å²) in [4.78, 5) is 8.51. The summed E-state index contributed by atoms with van der Waals surface area (Å²) in [7, 11) is 1.52. The number of methoxy groups -OCH3 is 1. The number of thioether (sulfide) groups is 1. The van der Waals surface area contributed by atoms with Gasteiger partial charge in [0.1, 0.15) is 40.5 Å². The van der Waals surface area contributed by atoms with Gasteiger partial charge in [0, 0.05) is 28.1 Å². The molecule has 2 unspecified atom stereocenters. The van der Waals surface area contributed by atoms with Crippen molar-refractivity contribution in [2.45, 2.75) is 34.7 Å². The number of aliphatic hydroxyl groups is 2. The van der Waals surface area contributed by atoms with E-state index in [1.165, 1.54) is 34.9 Å². The molecule has 162 valence electrons. The summed E-state index contributed by atoms with van der Waals surface area (Å²) in [6.07, 6.45) is 0.808. The van der Waals surface area contributed by atoms with Crippen LogP contribution in [0.4, 0.5) is 5.69 Å². The first kappa shape index (κ1) is 22.3. The van der Waals surface area contributed by atoms with Crippen LogP contribution in [0.25, 0.3) is 15.5 Å². The minimum atomic E-state index is -1.08. The lowest BCUT2D eigenvalue weighted by Gasteiger charge is -2.43. The van der Waals surface area contributed by atoms with Crippen molar-refractivity contribution in [2.24, 2.45) is 0 Å². The van der Waals surface area contributed by atoms with Gasteiger partial charge in [-0.3, -0.25) is 0 Å². The van der Waals surface area contributed by atoms with Crippen LogP contribution in [-0.2, 0) is 9.47 Å². The highest BCUT2D eigenvalue weighted by atomic mass is 79.9. The van der Waals surface area contributed by atoms with Gasteiger partial charge in [-0.2, -0.15) is 0 Å². The van der Waals surface area contributed by atoms with Gasteiger partial charge in [0.2, 0.25) is 5.69 Å². The number of thiazole rings is 1. The van der Waals surface area contributed by atoms with Crippen LogP contribution in [0.15, 0.2) is 45.3 Å². The van der Waals surface area contributed by atoms with E-state index in [0.717, 1.165) is 4.47 Å². The Hall–Kier alpha value is -1.85. The molecule has 1 aliphatic heterocycles. The van der Waals surface area contributed by atoms with E-state index in [2.05, 4.69) is 36.1 Å². The number of benzene rings is 1. The molecule has 1 aromatic carbocycles. The molecule has 0 spiro atoms. The molecule has 0 aliphatic carbocycles. The molecule has 31 heavy (non-hydrogen) atoms. The molecule has 1 fully saturated rings. The maximum absolute atomic E-state index is 10.9. The number of aliphatic hydroxyl groups excluding tert-OH is 2. The number of aromatic nitrogens is 4. The first-order chi connectivity index (χ1) is 15.0. The van der Waals surface area contributed by atoms with Crippen molar-refractivity contribution in [2.75, 3.05) is 13.7 Å². The van der Waals surface area contributed by atoms with Crippen molar-refractivity contribution in [3.8, 4) is 10.7 Å². The Kier molecular flexibility index (Phi) is 7.02. The second-order valence-corrected chi connectivity index (χ2v) is 9.62. The maximum Gasteiger partial charge on any atom is 0.200 e. The van der Waals surface area contributed by atoms with E-state index in [1.54, 1.807) is 24.5 Å². The third-order valence-corrected chi connectivity index (χ3v) is 7.33. The fourth-order valence-corrected chi connectivity index (χ4v) is 5.76. The summed E-state index contributed by atoms with van der Waals surface area (Å²) < 4.78 is 14.1. The topological polar surface area (TPSA) is 107 Å². The molecule has 0 amide bonds. The molecule has 5 atom stereocenters. The quantitative estimate of drug-likeness (QED) is 0.474. The van der Waals surface area contributed by atoms with Crippen LogP contribution in [-0.4, -0.2) is 67.7 Å². The molecule has 3 aromatic rings. The van der Waals surface area contributed by atoms with Crippen molar-refractivity contribution in [3.05, 3.63) is 51.9 Å². The molecule has 0 bridgehead atoms. The van der Waals surface area contributed by atoms with Gasteiger partial charge in [-0.25, -0.2) is 14.5 Å². The number of rotatable bonds is 6. The smallest absolute Gasteiger partial charge is 0.200 e. The van der Waals surface area contributed by atoms with Gasteiger partial charge in [-0.05, 0) is 6.07 Å². The highest BCUT2D eigenvalue weighted by Gasteiger charge is 2.47. The Balaban J connectivity index is 1.68. The van der Waals surface area contributed by atoms with Gasteiger partial charge in [-0.15, -0.1) is 28.2 Å². The number of halogens is 1. The van der Waals surface area contributed by atoms with Crippen molar-refractivity contribution < 1.29 is 19.7 Å². The average Bonchev–Trinajstić information content (AvgIpc) is 3.46. The minimum absolute atomic E-state index is 0.382. The fraction of sp³-hybridized carbons (Fsp3) is 0.368. The first-order valence-corrected chi connectivity index (χ1v) is 11.7. The van der Waals surface area contributed by atoms with Gasteiger partial charge in [0.15, 0.2) is 0 Å². The molecule has 1 saturated heterocycles. The van der Waals surface area contributed by atoms with Crippen LogP contribution in [0.2, 0.25) is 0 Å². The summed E-state index contributed by atoms with van der Waals surface area (Å²) in [6.45, 7) is 7.06. The van der Waals surface area contributed by atoms with E-state index >= 15 is 0 Å². The van der Waals surface area contributed by atoms with Gasteiger partial charge in [0.25, 0.3) is 0 Å². The third-order valence-electron chi connectivity index (χ3n) is 4.85. The Labute approximate surface area is 195 Å². The standard InChI is InChI=1S/C19H18BrN5O4S2/c1-21-11-4-3-10(20)7-14(11)31-19-17(28-2)15(16(27)13(9-26)29-19)25-8-12(23-24-25)18-22-5-6-30-18/h3-8,13,15-17,19,26-27H,9H2,2H3/t13?,15-,16-,17?,19+/m0/s1. The lowest BCUT2D eigenvalue weighted by molar-refractivity contribution is -0.186. The van der Waals surface area contributed by atoms with Gasteiger partial charge < -0.3 is 19.7 Å². The third kappa shape index (κ3) is 4.54. The Morgan fingerprint density at radius 2 is 2.29 bits per heavy atom. The van der Waals surface area contributed by atoms with Crippen LogP contribution in [0, 0.1) is 6.57 Å². The zero-order valence-electron chi connectivity index (χ0n) is 16.2. The summed E-state index contributed by atoms with van der Waals surface area (Å²) in [5.74, 6) is 0. The normalized spacial score (nSPS) is 26.0. The van der Waals surface area contributed by atoms with Crippen molar-refractivity contribution in [3.63, 3.8) is 0 Å². The van der Waals surface area contributed by atoms with Crippen LogP contribution < -0.4 is 0 Å². The fourth-order valence-electron chi connectivity index (χ4n) is 3.38. The number of hydrogen-bond acceptors (Lipinski definition) is 9. The van der Waals surface area contributed by atoms with Crippen LogP contribution in [0.5, 0.6) is 0 Å². The minimum Gasteiger partial charge on any atom is -0.394 e. The summed E-state index contributed by atoms with van der Waals surface area (Å²) >= 11 is 6.17. The van der Waals surface area contributed by atoms with E-state index in [0.29, 0.717) is 21.3 Å². The summed E-state index contributed by atoms with van der Waals surface area (Å²) in [5, 5.41) is 31.7. The van der Waals surface area contributed by atoms with Crippen molar-refractivity contribution >= 4 is 44.7 Å².